The van der Waals surface area contributed by atoms with E-state index in [1.165, 1.54) is 0 Å². The molecule has 0 aromatic carbocycles. The number of rotatable bonds is 1. The van der Waals surface area contributed by atoms with Crippen molar-refractivity contribution in [3.63, 3.8) is 0 Å². The third-order valence-corrected chi connectivity index (χ3v) is 2.94. The Morgan fingerprint density at radius 2 is 2.18 bits per heavy atom. The molecule has 2 unspecified atom stereocenters. The summed E-state index contributed by atoms with van der Waals surface area (Å²) in [5.41, 5.74) is -1.40. The van der Waals surface area contributed by atoms with Gasteiger partial charge in [0.25, 0.3) is 0 Å². The van der Waals surface area contributed by atoms with E-state index in [1.807, 2.05) is 0 Å². The van der Waals surface area contributed by atoms with Gasteiger partial charge in [0.1, 0.15) is 4.83 Å². The highest BCUT2D eigenvalue weighted by molar-refractivity contribution is 9.10. The van der Waals surface area contributed by atoms with E-state index in [-0.39, 0.29) is 6.42 Å². The number of esters is 1. The Morgan fingerprint density at radius 3 is 2.36 bits per heavy atom. The number of hydrogen-bond acceptors (Lipinski definition) is 4. The molecule has 0 aromatic heterocycles. The molecule has 0 aliphatic carbocycles. The minimum atomic E-state index is -4.24. The summed E-state index contributed by atoms with van der Waals surface area (Å²) in [5, 5.41) is 0. The van der Waals surface area contributed by atoms with Crippen LogP contribution in [0.15, 0.2) is 0 Å². The molecule has 1 heterocycles. The highest BCUT2D eigenvalue weighted by atomic mass is 79.9. The zero-order valence-electron chi connectivity index (χ0n) is 5.23. The van der Waals surface area contributed by atoms with Gasteiger partial charge in [-0.3, -0.25) is 9.35 Å². The van der Waals surface area contributed by atoms with E-state index < -0.39 is 26.4 Å². The van der Waals surface area contributed by atoms with Crippen molar-refractivity contribution < 1.29 is 22.5 Å². The summed E-state index contributed by atoms with van der Waals surface area (Å²) in [6.07, 6.45) is -0.0440. The molecule has 0 spiro atoms. The molecule has 0 aromatic rings. The number of cyclic esters (lactones) is 1. The standard InChI is InChI=1S/C4H5BrO5S/c5-2-1-3(10-4(2)6)11(7,8)9/h2-3H,1H2,(H,7,8,9). The minimum absolute atomic E-state index is 0.0440. The van der Waals surface area contributed by atoms with Gasteiger partial charge in [0, 0.05) is 6.42 Å². The van der Waals surface area contributed by atoms with Crippen LogP contribution < -0.4 is 0 Å². The van der Waals surface area contributed by atoms with E-state index in [0.29, 0.717) is 0 Å². The molecule has 1 fully saturated rings. The van der Waals surface area contributed by atoms with Gasteiger partial charge in [-0.1, -0.05) is 15.9 Å². The second-order valence-electron chi connectivity index (χ2n) is 2.08. The number of carbonyl (C=O) groups excluding carboxylic acids is 1. The number of alkyl halides is 1. The molecular formula is C4H5BrO5S. The molecule has 11 heavy (non-hydrogen) atoms. The predicted octanol–water partition coefficient (Wildman–Crippen LogP) is -0.0893. The van der Waals surface area contributed by atoms with Crippen molar-refractivity contribution in [2.45, 2.75) is 16.7 Å². The minimum Gasteiger partial charge on any atom is -0.442 e. The molecule has 1 aliphatic heterocycles. The lowest BCUT2D eigenvalue weighted by atomic mass is 10.4. The summed E-state index contributed by atoms with van der Waals surface area (Å²) in [5.74, 6) is -0.660. The third-order valence-electron chi connectivity index (χ3n) is 1.23. The van der Waals surface area contributed by atoms with Crippen LogP contribution in [-0.2, 0) is 19.6 Å². The van der Waals surface area contributed by atoms with Crippen molar-refractivity contribution in [1.82, 2.24) is 0 Å². The summed E-state index contributed by atoms with van der Waals surface area (Å²) in [6.45, 7) is 0. The van der Waals surface area contributed by atoms with Crippen molar-refractivity contribution in [2.75, 3.05) is 0 Å². The molecule has 0 amide bonds. The second-order valence-corrected chi connectivity index (χ2v) is 4.75. The molecule has 2 atom stereocenters. The van der Waals surface area contributed by atoms with Gasteiger partial charge in [-0.2, -0.15) is 8.42 Å². The van der Waals surface area contributed by atoms with Crippen LogP contribution in [0, 0.1) is 0 Å². The highest BCUT2D eigenvalue weighted by Gasteiger charge is 2.39. The molecule has 64 valence electrons. The smallest absolute Gasteiger partial charge is 0.321 e. The summed E-state index contributed by atoms with van der Waals surface area (Å²) < 4.78 is 33.5. The maximum absolute atomic E-state index is 10.6. The van der Waals surface area contributed by atoms with Crippen molar-refractivity contribution in [1.29, 1.82) is 0 Å². The van der Waals surface area contributed by atoms with Crippen LogP contribution in [0.3, 0.4) is 0 Å². The van der Waals surface area contributed by atoms with Gasteiger partial charge in [0.2, 0.25) is 5.44 Å². The van der Waals surface area contributed by atoms with Crippen LogP contribution in [0.2, 0.25) is 0 Å². The summed E-state index contributed by atoms with van der Waals surface area (Å²) >= 11 is 2.89. The van der Waals surface area contributed by atoms with Crippen LogP contribution in [0.1, 0.15) is 6.42 Å². The molecule has 1 saturated heterocycles. The quantitative estimate of drug-likeness (QED) is 0.396. The summed E-state index contributed by atoms with van der Waals surface area (Å²) in [7, 11) is -4.24. The highest BCUT2D eigenvalue weighted by Crippen LogP contribution is 2.24. The molecule has 1 rings (SSSR count). The second kappa shape index (κ2) is 2.72. The number of halogens is 1. The van der Waals surface area contributed by atoms with Crippen LogP contribution in [0.4, 0.5) is 0 Å². The SMILES string of the molecule is O=C1OC(S(=O)(=O)O)CC1Br. The van der Waals surface area contributed by atoms with Gasteiger partial charge in [0.15, 0.2) is 0 Å². The van der Waals surface area contributed by atoms with Gasteiger partial charge < -0.3 is 4.74 Å². The van der Waals surface area contributed by atoms with Gasteiger partial charge in [-0.15, -0.1) is 0 Å². The Labute approximate surface area is 71.6 Å². The number of ether oxygens (including phenoxy) is 1. The molecule has 1 aliphatic rings. The zero-order valence-corrected chi connectivity index (χ0v) is 7.63. The third kappa shape index (κ3) is 1.91. The van der Waals surface area contributed by atoms with E-state index in [1.54, 1.807) is 0 Å². The fraction of sp³-hybridized carbons (Fsp3) is 0.750. The molecule has 1 N–H and O–H groups in total. The molecule has 0 saturated carbocycles. The fourth-order valence-corrected chi connectivity index (χ4v) is 2.05. The van der Waals surface area contributed by atoms with E-state index in [0.717, 1.165) is 0 Å². The van der Waals surface area contributed by atoms with Crippen LogP contribution in [0.25, 0.3) is 0 Å². The average molecular weight is 245 g/mol. The van der Waals surface area contributed by atoms with Crippen LogP contribution in [-0.4, -0.2) is 29.2 Å². The lowest BCUT2D eigenvalue weighted by molar-refractivity contribution is -0.138. The van der Waals surface area contributed by atoms with E-state index in [2.05, 4.69) is 20.7 Å². The van der Waals surface area contributed by atoms with E-state index in [9.17, 15) is 13.2 Å². The van der Waals surface area contributed by atoms with E-state index in [4.69, 9.17) is 4.55 Å². The Morgan fingerprint density at radius 1 is 1.64 bits per heavy atom. The van der Waals surface area contributed by atoms with Crippen molar-refractivity contribution in [3.8, 4) is 0 Å². The topological polar surface area (TPSA) is 80.7 Å². The molecule has 0 radical (unpaired) electrons. The summed E-state index contributed by atoms with van der Waals surface area (Å²) in [4.78, 5) is 9.96. The Hall–Kier alpha value is -0.140. The van der Waals surface area contributed by atoms with Gasteiger partial charge >= 0.3 is 16.1 Å². The fourth-order valence-electron chi connectivity index (χ4n) is 0.699. The lowest BCUT2D eigenvalue weighted by Crippen LogP contribution is -2.19. The Balaban J connectivity index is 2.77. The predicted molar refractivity (Wildman–Crippen MR) is 38.8 cm³/mol. The number of hydrogen-bond donors (Lipinski definition) is 1. The van der Waals surface area contributed by atoms with Crippen LogP contribution in [0.5, 0.6) is 0 Å². The van der Waals surface area contributed by atoms with Gasteiger partial charge in [-0.05, 0) is 0 Å². The normalized spacial score (nSPS) is 32.0. The first kappa shape index (κ1) is 8.95. The lowest BCUT2D eigenvalue weighted by Gasteiger charge is -2.02. The van der Waals surface area contributed by atoms with E-state index >= 15 is 0 Å². The molecular weight excluding hydrogens is 240 g/mol. The largest absolute Gasteiger partial charge is 0.442 e. The zero-order chi connectivity index (χ0) is 8.65. The first-order valence-corrected chi connectivity index (χ1v) is 5.14. The maximum atomic E-state index is 10.6. The molecule has 7 heteroatoms. The van der Waals surface area contributed by atoms with Gasteiger partial charge in [0.05, 0.1) is 0 Å². The first-order chi connectivity index (χ1) is 4.91. The first-order valence-electron chi connectivity index (χ1n) is 2.72. The van der Waals surface area contributed by atoms with Crippen LogP contribution >= 0.6 is 15.9 Å². The Bertz CT molecular complexity index is 270. The van der Waals surface area contributed by atoms with Gasteiger partial charge in [-0.25, -0.2) is 0 Å². The molecule has 0 bridgehead atoms. The maximum Gasteiger partial charge on any atom is 0.321 e. The van der Waals surface area contributed by atoms with Crippen molar-refractivity contribution in [3.05, 3.63) is 0 Å². The molecule has 5 nitrogen and oxygen atoms in total. The average Bonchev–Trinajstić information content (AvgIpc) is 2.11. The van der Waals surface area contributed by atoms with Crippen molar-refractivity contribution >= 4 is 32.0 Å². The summed E-state index contributed by atoms with van der Waals surface area (Å²) in [6, 6.07) is 0. The number of carbonyl (C=O) groups is 1. The monoisotopic (exact) mass is 244 g/mol. The Kier molecular flexibility index (Phi) is 2.22. The van der Waals surface area contributed by atoms with Crippen molar-refractivity contribution in [2.24, 2.45) is 0 Å².